The molecule has 2 aromatic carbocycles. The van der Waals surface area contributed by atoms with Crippen molar-refractivity contribution in [1.82, 2.24) is 5.32 Å². The molecule has 0 fully saturated rings. The quantitative estimate of drug-likeness (QED) is 0.687. The van der Waals surface area contributed by atoms with E-state index in [9.17, 15) is 4.79 Å². The lowest BCUT2D eigenvalue weighted by atomic mass is 10.2. The summed E-state index contributed by atoms with van der Waals surface area (Å²) in [5.74, 6) is 1.86. The number of benzene rings is 2. The minimum Gasteiger partial charge on any atom is -0.456 e. The van der Waals surface area contributed by atoms with Crippen molar-refractivity contribution in [2.45, 2.75) is 19.0 Å². The third-order valence-electron chi connectivity index (χ3n) is 3.50. The normalized spacial score (nSPS) is 11.8. The van der Waals surface area contributed by atoms with Crippen LogP contribution in [-0.4, -0.2) is 24.0 Å². The minimum atomic E-state index is -0.472. The van der Waals surface area contributed by atoms with E-state index in [0.29, 0.717) is 34.5 Å². The second kappa shape index (κ2) is 9.92. The average molecular weight is 399 g/mol. The molecule has 0 aromatic heterocycles. The largest absolute Gasteiger partial charge is 0.456 e. The maximum atomic E-state index is 11.9. The van der Waals surface area contributed by atoms with Crippen molar-refractivity contribution in [3.05, 3.63) is 58.1 Å². The number of nitrogens with two attached hydrogens (primary N) is 1. The van der Waals surface area contributed by atoms with Crippen molar-refractivity contribution in [3.8, 4) is 11.5 Å². The Hall–Kier alpha value is -1.40. The second-order valence-electron chi connectivity index (χ2n) is 5.40. The van der Waals surface area contributed by atoms with Gasteiger partial charge in [-0.05, 0) is 48.3 Å². The van der Waals surface area contributed by atoms with E-state index in [-0.39, 0.29) is 5.91 Å². The lowest BCUT2D eigenvalue weighted by Gasteiger charge is -2.12. The molecule has 0 aliphatic carbocycles. The van der Waals surface area contributed by atoms with Crippen LogP contribution in [0.3, 0.4) is 0 Å². The Bertz CT molecular complexity index is 711. The summed E-state index contributed by atoms with van der Waals surface area (Å²) < 4.78 is 5.73. The zero-order valence-corrected chi connectivity index (χ0v) is 16.1. The first kappa shape index (κ1) is 19.9. The number of carbonyl (C=O) groups excluding carboxylic acids is 1. The molecule has 0 heterocycles. The van der Waals surface area contributed by atoms with E-state index in [0.717, 1.165) is 11.3 Å². The predicted octanol–water partition coefficient (Wildman–Crippen LogP) is 4.48. The number of carbonyl (C=O) groups is 1. The topological polar surface area (TPSA) is 64.4 Å². The van der Waals surface area contributed by atoms with Gasteiger partial charge in [0.15, 0.2) is 0 Å². The molecule has 0 spiro atoms. The van der Waals surface area contributed by atoms with E-state index >= 15 is 0 Å². The van der Waals surface area contributed by atoms with Crippen molar-refractivity contribution >= 4 is 40.9 Å². The van der Waals surface area contributed by atoms with Crippen LogP contribution in [-0.2, 0) is 11.3 Å². The number of hydrogen-bond donors (Lipinski definition) is 2. The molecule has 7 heteroatoms. The molecule has 0 saturated carbocycles. The molecule has 0 aliphatic heterocycles. The molecule has 0 saturated heterocycles. The summed E-state index contributed by atoms with van der Waals surface area (Å²) in [7, 11) is 0. The number of rotatable bonds is 8. The first-order valence-electron chi connectivity index (χ1n) is 7.74. The van der Waals surface area contributed by atoms with Crippen LogP contribution in [0.5, 0.6) is 11.5 Å². The van der Waals surface area contributed by atoms with Gasteiger partial charge in [-0.3, -0.25) is 4.79 Å². The molecule has 1 atom stereocenters. The van der Waals surface area contributed by atoms with E-state index < -0.39 is 6.04 Å². The highest BCUT2D eigenvalue weighted by atomic mass is 35.5. The molecule has 134 valence electrons. The zero-order valence-electron chi connectivity index (χ0n) is 13.8. The van der Waals surface area contributed by atoms with Gasteiger partial charge in [-0.1, -0.05) is 41.4 Å². The summed E-state index contributed by atoms with van der Waals surface area (Å²) in [6, 6.07) is 12.1. The highest BCUT2D eigenvalue weighted by Crippen LogP contribution is 2.34. The lowest BCUT2D eigenvalue weighted by Crippen LogP contribution is -2.40. The standard InChI is InChI=1S/C18H20Cl2N2O2S/c1-25-10-9-15(21)18(23)22-11-12-5-7-13(8-6-12)24-16-4-2-3-14(19)17(16)20/h2-8,15H,9-11,21H2,1H3,(H,22,23)/t15-/m0/s1. The molecule has 0 radical (unpaired) electrons. The summed E-state index contributed by atoms with van der Waals surface area (Å²) >= 11 is 13.8. The SMILES string of the molecule is CSCC[C@H](N)C(=O)NCc1ccc(Oc2cccc(Cl)c2Cl)cc1. The lowest BCUT2D eigenvalue weighted by molar-refractivity contribution is -0.122. The highest BCUT2D eigenvalue weighted by Gasteiger charge is 2.12. The van der Waals surface area contributed by atoms with E-state index in [1.807, 2.05) is 30.5 Å². The first-order valence-corrected chi connectivity index (χ1v) is 9.89. The van der Waals surface area contributed by atoms with Gasteiger partial charge in [-0.15, -0.1) is 0 Å². The molecule has 0 bridgehead atoms. The van der Waals surface area contributed by atoms with Crippen molar-refractivity contribution < 1.29 is 9.53 Å². The monoisotopic (exact) mass is 398 g/mol. The van der Waals surface area contributed by atoms with Crippen molar-refractivity contribution in [1.29, 1.82) is 0 Å². The second-order valence-corrected chi connectivity index (χ2v) is 7.17. The van der Waals surface area contributed by atoms with Crippen LogP contribution in [0.1, 0.15) is 12.0 Å². The fourth-order valence-corrected chi connectivity index (χ4v) is 2.88. The van der Waals surface area contributed by atoms with Gasteiger partial charge < -0.3 is 15.8 Å². The summed E-state index contributed by atoms with van der Waals surface area (Å²) in [6.07, 6.45) is 2.66. The van der Waals surface area contributed by atoms with Gasteiger partial charge in [0.25, 0.3) is 0 Å². The Kier molecular flexibility index (Phi) is 7.90. The minimum absolute atomic E-state index is 0.139. The average Bonchev–Trinajstić information content (AvgIpc) is 2.62. The molecule has 2 rings (SSSR count). The zero-order chi connectivity index (χ0) is 18.2. The first-order chi connectivity index (χ1) is 12.0. The van der Waals surface area contributed by atoms with Crippen LogP contribution in [0.15, 0.2) is 42.5 Å². The Morgan fingerprint density at radius 1 is 1.24 bits per heavy atom. The molecular formula is C18H20Cl2N2O2S. The van der Waals surface area contributed by atoms with Gasteiger partial charge in [-0.2, -0.15) is 11.8 Å². The molecule has 3 N–H and O–H groups in total. The van der Waals surface area contributed by atoms with Gasteiger partial charge >= 0.3 is 0 Å². The van der Waals surface area contributed by atoms with Crippen LogP contribution < -0.4 is 15.8 Å². The van der Waals surface area contributed by atoms with E-state index in [4.69, 9.17) is 33.7 Å². The highest BCUT2D eigenvalue weighted by molar-refractivity contribution is 7.98. The number of nitrogens with one attached hydrogen (secondary N) is 1. The van der Waals surface area contributed by atoms with Gasteiger partial charge in [0.2, 0.25) is 5.91 Å². The Morgan fingerprint density at radius 3 is 2.64 bits per heavy atom. The number of thioether (sulfide) groups is 1. The van der Waals surface area contributed by atoms with Crippen LogP contribution >= 0.6 is 35.0 Å². The van der Waals surface area contributed by atoms with Crippen molar-refractivity contribution in [2.75, 3.05) is 12.0 Å². The number of amides is 1. The number of ether oxygens (including phenoxy) is 1. The van der Waals surface area contributed by atoms with Crippen LogP contribution in [0.2, 0.25) is 10.0 Å². The van der Waals surface area contributed by atoms with Gasteiger partial charge in [-0.25, -0.2) is 0 Å². The molecule has 25 heavy (non-hydrogen) atoms. The summed E-state index contributed by atoms with van der Waals surface area (Å²) in [4.78, 5) is 11.9. The van der Waals surface area contributed by atoms with Gasteiger partial charge in [0.05, 0.1) is 11.1 Å². The fraction of sp³-hybridized carbons (Fsp3) is 0.278. The van der Waals surface area contributed by atoms with Crippen LogP contribution in [0.25, 0.3) is 0 Å². The van der Waals surface area contributed by atoms with E-state index in [1.165, 1.54) is 0 Å². The maximum absolute atomic E-state index is 11.9. The predicted molar refractivity (Wildman–Crippen MR) is 106 cm³/mol. The Labute approximate surface area is 162 Å². The Balaban J connectivity index is 1.89. The molecule has 1 amide bonds. The summed E-state index contributed by atoms with van der Waals surface area (Å²) in [5, 5.41) is 3.66. The third-order valence-corrected chi connectivity index (χ3v) is 4.95. The fourth-order valence-electron chi connectivity index (χ4n) is 2.06. The smallest absolute Gasteiger partial charge is 0.237 e. The van der Waals surface area contributed by atoms with Gasteiger partial charge in [0, 0.05) is 6.54 Å². The summed E-state index contributed by atoms with van der Waals surface area (Å²) in [5.41, 5.74) is 6.79. The maximum Gasteiger partial charge on any atom is 0.237 e. The molecule has 4 nitrogen and oxygen atoms in total. The molecule has 0 unspecified atom stereocenters. The van der Waals surface area contributed by atoms with Crippen molar-refractivity contribution in [2.24, 2.45) is 5.73 Å². The van der Waals surface area contributed by atoms with Gasteiger partial charge in [0.1, 0.15) is 16.5 Å². The summed E-state index contributed by atoms with van der Waals surface area (Å²) in [6.45, 7) is 0.421. The number of halogens is 2. The third kappa shape index (κ3) is 6.12. The van der Waals surface area contributed by atoms with E-state index in [2.05, 4.69) is 5.32 Å². The molecule has 2 aromatic rings. The number of hydrogen-bond acceptors (Lipinski definition) is 4. The van der Waals surface area contributed by atoms with Crippen LogP contribution in [0, 0.1) is 0 Å². The van der Waals surface area contributed by atoms with Crippen LogP contribution in [0.4, 0.5) is 0 Å². The molecule has 0 aliphatic rings. The molecular weight excluding hydrogens is 379 g/mol. The Morgan fingerprint density at radius 2 is 1.96 bits per heavy atom. The van der Waals surface area contributed by atoms with Crippen molar-refractivity contribution in [3.63, 3.8) is 0 Å². The van der Waals surface area contributed by atoms with E-state index in [1.54, 1.807) is 30.0 Å².